The van der Waals surface area contributed by atoms with Crippen LogP contribution in [-0.2, 0) is 6.54 Å². The molecule has 1 N–H and O–H groups in total. The summed E-state index contributed by atoms with van der Waals surface area (Å²) >= 11 is 0. The maximum absolute atomic E-state index is 12.9. The zero-order valence-corrected chi connectivity index (χ0v) is 17.7. The van der Waals surface area contributed by atoms with E-state index < -0.39 is 0 Å². The summed E-state index contributed by atoms with van der Waals surface area (Å²) in [7, 11) is 0. The SMILES string of the molecule is O=C1c2c(O)cccc2CN1C1CCN(CCC(c2ccccc2)c2ccccc2)C1. The van der Waals surface area contributed by atoms with Gasteiger partial charge in [0.2, 0.25) is 0 Å². The zero-order chi connectivity index (χ0) is 21.2. The van der Waals surface area contributed by atoms with Crippen LogP contribution in [0.15, 0.2) is 78.9 Å². The average Bonchev–Trinajstić information content (AvgIpc) is 3.40. The van der Waals surface area contributed by atoms with Crippen LogP contribution >= 0.6 is 0 Å². The van der Waals surface area contributed by atoms with Gasteiger partial charge in [0.15, 0.2) is 0 Å². The molecule has 1 atom stereocenters. The van der Waals surface area contributed by atoms with Crippen LogP contribution in [0, 0.1) is 0 Å². The number of hydrogen-bond donors (Lipinski definition) is 1. The molecule has 1 amide bonds. The fourth-order valence-electron chi connectivity index (χ4n) is 5.14. The van der Waals surface area contributed by atoms with Crippen molar-refractivity contribution < 1.29 is 9.90 Å². The molecule has 0 bridgehead atoms. The summed E-state index contributed by atoms with van der Waals surface area (Å²) in [5.74, 6) is 0.455. The highest BCUT2D eigenvalue weighted by atomic mass is 16.3. The summed E-state index contributed by atoms with van der Waals surface area (Å²) in [6.07, 6.45) is 2.04. The normalized spacial score (nSPS) is 18.7. The minimum atomic E-state index is -0.0219. The van der Waals surface area contributed by atoms with Crippen molar-refractivity contribution in [2.75, 3.05) is 19.6 Å². The highest BCUT2D eigenvalue weighted by Crippen LogP contribution is 2.34. The number of phenolic OH excluding ortho intramolecular Hbond substituents is 1. The van der Waals surface area contributed by atoms with Crippen LogP contribution in [0.25, 0.3) is 0 Å². The van der Waals surface area contributed by atoms with E-state index in [4.69, 9.17) is 0 Å². The Bertz CT molecular complexity index is 1010. The second-order valence-corrected chi connectivity index (χ2v) is 8.65. The van der Waals surface area contributed by atoms with Crippen LogP contribution in [0.1, 0.15) is 45.8 Å². The van der Waals surface area contributed by atoms with Gasteiger partial charge in [-0.05, 0) is 42.1 Å². The summed E-state index contributed by atoms with van der Waals surface area (Å²) in [6, 6.07) is 27.1. The smallest absolute Gasteiger partial charge is 0.258 e. The number of phenols is 1. The van der Waals surface area contributed by atoms with Crippen molar-refractivity contribution >= 4 is 5.91 Å². The van der Waals surface area contributed by atoms with Crippen molar-refractivity contribution in [2.24, 2.45) is 0 Å². The first-order valence-corrected chi connectivity index (χ1v) is 11.1. The van der Waals surface area contributed by atoms with E-state index in [0.29, 0.717) is 18.0 Å². The zero-order valence-electron chi connectivity index (χ0n) is 17.7. The number of likely N-dealkylation sites (tertiary alicyclic amines) is 1. The second-order valence-electron chi connectivity index (χ2n) is 8.65. The van der Waals surface area contributed by atoms with Gasteiger partial charge in [-0.25, -0.2) is 0 Å². The molecular weight excluding hydrogens is 384 g/mol. The van der Waals surface area contributed by atoms with Crippen LogP contribution in [0.3, 0.4) is 0 Å². The molecule has 1 saturated heterocycles. The molecule has 2 heterocycles. The summed E-state index contributed by atoms with van der Waals surface area (Å²) in [4.78, 5) is 17.3. The first-order chi connectivity index (χ1) is 15.2. The van der Waals surface area contributed by atoms with Gasteiger partial charge in [0.1, 0.15) is 5.75 Å². The van der Waals surface area contributed by atoms with Gasteiger partial charge in [0.25, 0.3) is 5.91 Å². The van der Waals surface area contributed by atoms with Gasteiger partial charge in [-0.1, -0.05) is 72.8 Å². The lowest BCUT2D eigenvalue weighted by Gasteiger charge is -2.25. The largest absolute Gasteiger partial charge is 0.507 e. The maximum Gasteiger partial charge on any atom is 0.258 e. The number of nitrogens with zero attached hydrogens (tertiary/aromatic N) is 2. The van der Waals surface area contributed by atoms with E-state index in [1.54, 1.807) is 6.07 Å². The molecule has 0 aromatic heterocycles. The molecule has 4 nitrogen and oxygen atoms in total. The molecule has 2 aliphatic rings. The van der Waals surface area contributed by atoms with Gasteiger partial charge < -0.3 is 14.9 Å². The number of amides is 1. The quantitative estimate of drug-likeness (QED) is 0.641. The molecule has 0 saturated carbocycles. The van der Waals surface area contributed by atoms with E-state index in [9.17, 15) is 9.90 Å². The Morgan fingerprint density at radius 1 is 0.903 bits per heavy atom. The van der Waals surface area contributed by atoms with Crippen molar-refractivity contribution in [3.05, 3.63) is 101 Å². The van der Waals surface area contributed by atoms with Crippen molar-refractivity contribution in [1.82, 2.24) is 9.80 Å². The third-order valence-electron chi connectivity index (χ3n) is 6.77. The number of hydrogen-bond acceptors (Lipinski definition) is 3. The van der Waals surface area contributed by atoms with E-state index in [0.717, 1.165) is 38.0 Å². The number of rotatable bonds is 6. The molecule has 0 radical (unpaired) electrons. The molecule has 158 valence electrons. The number of carbonyl (C=O) groups is 1. The van der Waals surface area contributed by atoms with Gasteiger partial charge >= 0.3 is 0 Å². The molecule has 0 aliphatic carbocycles. The number of fused-ring (bicyclic) bond motifs is 1. The molecule has 5 rings (SSSR count). The lowest BCUT2D eigenvalue weighted by molar-refractivity contribution is 0.0705. The van der Waals surface area contributed by atoms with Crippen LogP contribution < -0.4 is 0 Å². The Morgan fingerprint density at radius 2 is 1.58 bits per heavy atom. The highest BCUT2D eigenvalue weighted by molar-refractivity contribution is 6.01. The predicted octanol–water partition coefficient (Wildman–Crippen LogP) is 4.64. The van der Waals surface area contributed by atoms with Crippen LogP contribution in [0.4, 0.5) is 0 Å². The first kappa shape index (κ1) is 19.8. The molecule has 3 aromatic carbocycles. The standard InChI is InChI=1S/C27H28N2O2/c30-25-13-7-12-22-18-29(27(31)26(22)25)23-14-16-28(19-23)17-15-24(20-8-3-1-4-9-20)21-10-5-2-6-11-21/h1-13,23-24,30H,14-19H2. The number of benzene rings is 3. The predicted molar refractivity (Wildman–Crippen MR) is 122 cm³/mol. The topological polar surface area (TPSA) is 43.8 Å². The van der Waals surface area contributed by atoms with Crippen molar-refractivity contribution in [3.63, 3.8) is 0 Å². The molecule has 4 heteroatoms. The average molecular weight is 413 g/mol. The van der Waals surface area contributed by atoms with Crippen LogP contribution in [0.5, 0.6) is 5.75 Å². The Hall–Kier alpha value is -3.11. The summed E-state index contributed by atoms with van der Waals surface area (Å²) in [5.41, 5.74) is 4.14. The fraction of sp³-hybridized carbons (Fsp3) is 0.296. The van der Waals surface area contributed by atoms with E-state index in [2.05, 4.69) is 65.6 Å². The second kappa shape index (κ2) is 8.56. The van der Waals surface area contributed by atoms with E-state index in [-0.39, 0.29) is 17.7 Å². The molecule has 1 fully saturated rings. The Labute approximate surface area is 183 Å². The van der Waals surface area contributed by atoms with Crippen LogP contribution in [0.2, 0.25) is 0 Å². The van der Waals surface area contributed by atoms with Gasteiger partial charge in [0.05, 0.1) is 5.56 Å². The highest BCUT2D eigenvalue weighted by Gasteiger charge is 2.37. The van der Waals surface area contributed by atoms with Gasteiger partial charge in [-0.3, -0.25) is 4.79 Å². The van der Waals surface area contributed by atoms with Crippen LogP contribution in [-0.4, -0.2) is 46.5 Å². The molecule has 0 spiro atoms. The van der Waals surface area contributed by atoms with Crippen molar-refractivity contribution in [1.29, 1.82) is 0 Å². The molecule has 1 unspecified atom stereocenters. The summed E-state index contributed by atoms with van der Waals surface area (Å²) in [5, 5.41) is 10.1. The lowest BCUT2D eigenvalue weighted by Crippen LogP contribution is -2.38. The maximum atomic E-state index is 12.9. The molecule has 3 aromatic rings. The van der Waals surface area contributed by atoms with E-state index in [1.807, 2.05) is 17.0 Å². The minimum absolute atomic E-state index is 0.0219. The summed E-state index contributed by atoms with van der Waals surface area (Å²) < 4.78 is 0. The summed E-state index contributed by atoms with van der Waals surface area (Å²) in [6.45, 7) is 3.52. The Kier molecular flexibility index (Phi) is 5.47. The molecular formula is C27H28N2O2. The van der Waals surface area contributed by atoms with Gasteiger partial charge in [-0.15, -0.1) is 0 Å². The lowest BCUT2D eigenvalue weighted by atomic mass is 9.88. The van der Waals surface area contributed by atoms with E-state index >= 15 is 0 Å². The third kappa shape index (κ3) is 3.96. The third-order valence-corrected chi connectivity index (χ3v) is 6.77. The molecule has 31 heavy (non-hydrogen) atoms. The monoisotopic (exact) mass is 412 g/mol. The Balaban J connectivity index is 1.25. The first-order valence-electron chi connectivity index (χ1n) is 11.1. The molecule has 2 aliphatic heterocycles. The Morgan fingerprint density at radius 3 is 2.23 bits per heavy atom. The van der Waals surface area contributed by atoms with Crippen molar-refractivity contribution in [3.8, 4) is 5.75 Å². The van der Waals surface area contributed by atoms with Gasteiger partial charge in [0, 0.05) is 31.6 Å². The number of carbonyl (C=O) groups excluding carboxylic acids is 1. The van der Waals surface area contributed by atoms with E-state index in [1.165, 1.54) is 11.1 Å². The fourth-order valence-corrected chi connectivity index (χ4v) is 5.14. The number of aromatic hydroxyl groups is 1. The van der Waals surface area contributed by atoms with Crippen molar-refractivity contribution in [2.45, 2.75) is 31.3 Å². The minimum Gasteiger partial charge on any atom is -0.507 e. The van der Waals surface area contributed by atoms with Gasteiger partial charge in [-0.2, -0.15) is 0 Å².